The third kappa shape index (κ3) is 6.79. The Morgan fingerprint density at radius 1 is 0.769 bits per heavy atom. The van der Waals surface area contributed by atoms with Crippen LogP contribution in [-0.4, -0.2) is 59.4 Å². The fourth-order valence-corrected chi connectivity index (χ4v) is 4.41. The number of amides is 2. The van der Waals surface area contributed by atoms with Crippen LogP contribution in [0.3, 0.4) is 0 Å². The maximum atomic E-state index is 12.8. The maximum absolute atomic E-state index is 12.8. The molecule has 0 saturated carbocycles. The van der Waals surface area contributed by atoms with E-state index in [1.54, 1.807) is 24.3 Å². The van der Waals surface area contributed by atoms with Crippen molar-refractivity contribution < 1.29 is 38.9 Å². The number of hydrogen-bond acceptors (Lipinski definition) is 7. The average molecular weight is 533 g/mol. The van der Waals surface area contributed by atoms with Crippen LogP contribution in [0.2, 0.25) is 0 Å². The number of fused-ring (bicyclic) bond motifs is 3. The number of aliphatic carboxylic acids is 1. The van der Waals surface area contributed by atoms with Crippen molar-refractivity contribution in [3.8, 4) is 11.1 Å². The molecule has 2 amide bonds. The molecule has 10 nitrogen and oxygen atoms in total. The van der Waals surface area contributed by atoms with E-state index in [9.17, 15) is 24.3 Å². The number of carbonyl (C=O) groups is 4. The van der Waals surface area contributed by atoms with Gasteiger partial charge in [-0.15, -0.1) is 0 Å². The van der Waals surface area contributed by atoms with Gasteiger partial charge in [0.15, 0.2) is 0 Å². The molecule has 4 N–H and O–H groups in total. The van der Waals surface area contributed by atoms with Crippen LogP contribution in [0.1, 0.15) is 29.0 Å². The van der Waals surface area contributed by atoms with Gasteiger partial charge in [-0.1, -0.05) is 78.9 Å². The van der Waals surface area contributed by atoms with Gasteiger partial charge in [0, 0.05) is 5.92 Å². The summed E-state index contributed by atoms with van der Waals surface area (Å²) in [6.45, 7) is -0.953. The first kappa shape index (κ1) is 27.3. The topological polar surface area (TPSA) is 151 Å². The molecule has 202 valence electrons. The molecule has 39 heavy (non-hydrogen) atoms. The molecule has 0 saturated heterocycles. The Balaban J connectivity index is 1.42. The van der Waals surface area contributed by atoms with Gasteiger partial charge in [0.1, 0.15) is 25.3 Å². The van der Waals surface area contributed by atoms with Gasteiger partial charge in [0.05, 0.1) is 13.0 Å². The highest BCUT2D eigenvalue weighted by Gasteiger charge is 2.31. The molecule has 0 aromatic heterocycles. The predicted octanol–water partition coefficient (Wildman–Crippen LogP) is 2.59. The fraction of sp³-hybridized carbons (Fsp3) is 0.241. The van der Waals surface area contributed by atoms with Crippen molar-refractivity contribution in [1.29, 1.82) is 0 Å². The van der Waals surface area contributed by atoms with E-state index in [0.29, 0.717) is 0 Å². The Kier molecular flexibility index (Phi) is 8.90. The zero-order valence-corrected chi connectivity index (χ0v) is 20.9. The molecular weight excluding hydrogens is 504 g/mol. The van der Waals surface area contributed by atoms with E-state index in [4.69, 9.17) is 14.6 Å². The standard InChI is InChI=1S/C29H28N2O8/c32-15-25(28(35)36)30-27(34)24(14-26(33)38-16-18-8-2-1-3-9-18)31-29(37)39-17-23-21-12-6-4-10-19(21)20-11-5-7-13-22(20)23/h1-13,23-25,32H,14-17H2,(H,30,34)(H,31,37)(H,35,36)/t24-,25+/m0/s1. The van der Waals surface area contributed by atoms with Crippen molar-refractivity contribution in [2.75, 3.05) is 13.2 Å². The number of benzene rings is 3. The summed E-state index contributed by atoms with van der Waals surface area (Å²) in [6, 6.07) is 21.3. The lowest BCUT2D eigenvalue weighted by Crippen LogP contribution is -2.53. The molecule has 0 radical (unpaired) electrons. The lowest BCUT2D eigenvalue weighted by atomic mass is 9.98. The molecule has 1 aliphatic carbocycles. The van der Waals surface area contributed by atoms with E-state index in [1.807, 2.05) is 54.6 Å². The summed E-state index contributed by atoms with van der Waals surface area (Å²) in [4.78, 5) is 49.3. The van der Waals surface area contributed by atoms with E-state index in [-0.39, 0.29) is 19.1 Å². The van der Waals surface area contributed by atoms with Gasteiger partial charge in [-0.25, -0.2) is 9.59 Å². The second kappa shape index (κ2) is 12.7. The molecular formula is C29H28N2O8. The van der Waals surface area contributed by atoms with Crippen LogP contribution in [0.15, 0.2) is 78.9 Å². The highest BCUT2D eigenvalue weighted by Crippen LogP contribution is 2.44. The number of alkyl carbamates (subject to hydrolysis) is 1. The Labute approximate surface area is 224 Å². The normalized spacial score (nSPS) is 13.4. The number of hydrogen-bond donors (Lipinski definition) is 4. The molecule has 3 aromatic rings. The SMILES string of the molecule is O=C(C[C@H](NC(=O)OCC1c2ccccc2-c2ccccc21)C(=O)N[C@H](CO)C(=O)O)OCc1ccccc1. The van der Waals surface area contributed by atoms with Crippen molar-refractivity contribution in [3.05, 3.63) is 95.6 Å². The van der Waals surface area contributed by atoms with Gasteiger partial charge >= 0.3 is 18.0 Å². The molecule has 0 aliphatic heterocycles. The Morgan fingerprint density at radius 2 is 1.36 bits per heavy atom. The highest BCUT2D eigenvalue weighted by molar-refractivity contribution is 5.92. The van der Waals surface area contributed by atoms with Crippen molar-refractivity contribution in [2.24, 2.45) is 0 Å². The third-order valence-electron chi connectivity index (χ3n) is 6.36. The average Bonchev–Trinajstić information content (AvgIpc) is 3.27. The second-order valence-electron chi connectivity index (χ2n) is 8.95. The number of esters is 1. The molecule has 1 aliphatic rings. The first-order valence-electron chi connectivity index (χ1n) is 12.3. The van der Waals surface area contributed by atoms with Gasteiger partial charge < -0.3 is 30.3 Å². The van der Waals surface area contributed by atoms with Crippen LogP contribution < -0.4 is 10.6 Å². The van der Waals surface area contributed by atoms with Gasteiger partial charge in [0.2, 0.25) is 5.91 Å². The summed E-state index contributed by atoms with van der Waals surface area (Å²) < 4.78 is 10.7. The molecule has 3 aromatic carbocycles. The molecule has 10 heteroatoms. The molecule has 0 unspecified atom stereocenters. The van der Waals surface area contributed by atoms with E-state index < -0.39 is 49.1 Å². The second-order valence-corrected chi connectivity index (χ2v) is 8.95. The van der Waals surface area contributed by atoms with Gasteiger partial charge in [-0.3, -0.25) is 9.59 Å². The van der Waals surface area contributed by atoms with Gasteiger partial charge in [-0.2, -0.15) is 0 Å². The van der Waals surface area contributed by atoms with Crippen molar-refractivity contribution in [1.82, 2.24) is 10.6 Å². The number of carboxylic acid groups (broad SMARTS) is 1. The predicted molar refractivity (Wildman–Crippen MR) is 139 cm³/mol. The molecule has 0 bridgehead atoms. The van der Waals surface area contributed by atoms with Crippen LogP contribution in [0.5, 0.6) is 0 Å². The molecule has 0 spiro atoms. The van der Waals surface area contributed by atoms with Gasteiger partial charge in [-0.05, 0) is 27.8 Å². The minimum Gasteiger partial charge on any atom is -0.480 e. The quantitative estimate of drug-likeness (QED) is 0.275. The zero-order valence-electron chi connectivity index (χ0n) is 20.9. The minimum absolute atomic E-state index is 0.0267. The van der Waals surface area contributed by atoms with E-state index in [0.717, 1.165) is 27.8 Å². The number of ether oxygens (including phenoxy) is 2. The van der Waals surface area contributed by atoms with Crippen molar-refractivity contribution in [2.45, 2.75) is 31.0 Å². The van der Waals surface area contributed by atoms with Crippen LogP contribution in [-0.2, 0) is 30.5 Å². The number of rotatable bonds is 11. The molecule has 0 fully saturated rings. The summed E-state index contributed by atoms with van der Waals surface area (Å²) in [7, 11) is 0. The number of carboxylic acids is 1. The summed E-state index contributed by atoms with van der Waals surface area (Å²) in [5.74, 6) is -3.48. The van der Waals surface area contributed by atoms with Crippen LogP contribution >= 0.6 is 0 Å². The summed E-state index contributed by atoms with van der Waals surface area (Å²) >= 11 is 0. The molecule has 2 atom stereocenters. The maximum Gasteiger partial charge on any atom is 0.407 e. The third-order valence-corrected chi connectivity index (χ3v) is 6.36. The van der Waals surface area contributed by atoms with E-state index in [1.165, 1.54) is 0 Å². The minimum atomic E-state index is -1.62. The summed E-state index contributed by atoms with van der Waals surface area (Å²) in [5.41, 5.74) is 4.81. The Bertz CT molecular complexity index is 1300. The molecule has 4 rings (SSSR count). The largest absolute Gasteiger partial charge is 0.480 e. The number of aliphatic hydroxyl groups is 1. The lowest BCUT2D eigenvalue weighted by molar-refractivity contribution is -0.147. The first-order chi connectivity index (χ1) is 18.9. The lowest BCUT2D eigenvalue weighted by Gasteiger charge is -2.21. The van der Waals surface area contributed by atoms with E-state index in [2.05, 4.69) is 10.6 Å². The van der Waals surface area contributed by atoms with Gasteiger partial charge in [0.25, 0.3) is 0 Å². The first-order valence-corrected chi connectivity index (χ1v) is 12.3. The fourth-order valence-electron chi connectivity index (χ4n) is 4.41. The number of carbonyl (C=O) groups excluding carboxylic acids is 3. The highest BCUT2D eigenvalue weighted by atomic mass is 16.5. The van der Waals surface area contributed by atoms with E-state index >= 15 is 0 Å². The van der Waals surface area contributed by atoms with Crippen LogP contribution in [0.4, 0.5) is 4.79 Å². The number of aliphatic hydroxyl groups excluding tert-OH is 1. The van der Waals surface area contributed by atoms with Crippen molar-refractivity contribution in [3.63, 3.8) is 0 Å². The molecule has 0 heterocycles. The van der Waals surface area contributed by atoms with Crippen LogP contribution in [0, 0.1) is 0 Å². The summed E-state index contributed by atoms with van der Waals surface area (Å²) in [6.07, 6.45) is -1.55. The number of nitrogens with one attached hydrogen (secondary N) is 2. The smallest absolute Gasteiger partial charge is 0.407 e. The zero-order chi connectivity index (χ0) is 27.8. The summed E-state index contributed by atoms with van der Waals surface area (Å²) in [5, 5.41) is 22.9. The Morgan fingerprint density at radius 3 is 1.95 bits per heavy atom. The monoisotopic (exact) mass is 532 g/mol. The van der Waals surface area contributed by atoms with Crippen molar-refractivity contribution >= 4 is 23.9 Å². The Hall–Kier alpha value is -4.70. The van der Waals surface area contributed by atoms with Crippen LogP contribution in [0.25, 0.3) is 11.1 Å².